The molecule has 0 bridgehead atoms. The number of aliphatic hydroxyl groups is 1. The molecule has 236 valence electrons. The summed E-state index contributed by atoms with van der Waals surface area (Å²) in [6.45, 7) is 11.6. The lowest BCUT2D eigenvalue weighted by molar-refractivity contribution is -0.205. The number of carbonyl (C=O) groups is 6. The van der Waals surface area contributed by atoms with Crippen LogP contribution in [0.2, 0.25) is 0 Å². The second-order valence-electron chi connectivity index (χ2n) is 14.1. The van der Waals surface area contributed by atoms with Crippen molar-refractivity contribution in [3.8, 4) is 16.9 Å². The Morgan fingerprint density at radius 2 is 1.67 bits per heavy atom. The van der Waals surface area contributed by atoms with Gasteiger partial charge in [-0.3, -0.25) is 28.8 Å². The molecule has 3 unspecified atom stereocenters. The van der Waals surface area contributed by atoms with E-state index in [9.17, 15) is 39.0 Å². The van der Waals surface area contributed by atoms with Crippen LogP contribution in [0.15, 0.2) is 49.1 Å². The number of ketones is 6. The zero-order valence-electron chi connectivity index (χ0n) is 26.4. The fourth-order valence-electron chi connectivity index (χ4n) is 8.79. The molecule has 45 heavy (non-hydrogen) atoms. The number of fused-ring (bicyclic) bond motifs is 3. The second kappa shape index (κ2) is 11.1. The minimum absolute atomic E-state index is 0.0100. The topological polar surface area (TPSA) is 143 Å². The smallest absolute Gasteiger partial charge is 0.190 e. The molecule has 0 aromatic heterocycles. The van der Waals surface area contributed by atoms with Gasteiger partial charge in [-0.2, -0.15) is 0 Å². The van der Waals surface area contributed by atoms with Crippen molar-refractivity contribution in [2.75, 3.05) is 0 Å². The van der Waals surface area contributed by atoms with Crippen LogP contribution in [0.25, 0.3) is 11.1 Å². The average molecular weight is 613 g/mol. The van der Waals surface area contributed by atoms with Gasteiger partial charge in [-0.25, -0.2) is 0 Å². The molecular formula is C37H40O8. The highest BCUT2D eigenvalue weighted by Gasteiger charge is 2.76. The molecule has 3 aliphatic rings. The SMILES string of the molecule is C=CCCC(=O)Cc1ccc(-c2ccc(O)c3c2C[C@]2(C)C[C@]4(C)C(C(C)C)C(=O)C(C(C)=O)C(=O)[C@]4(O)C(=O)C2C3=O)cc1. The lowest BCUT2D eigenvalue weighted by atomic mass is 9.40. The Morgan fingerprint density at radius 1 is 1.02 bits per heavy atom. The van der Waals surface area contributed by atoms with E-state index in [0.717, 1.165) is 18.1 Å². The van der Waals surface area contributed by atoms with Crippen molar-refractivity contribution in [3.05, 3.63) is 65.7 Å². The summed E-state index contributed by atoms with van der Waals surface area (Å²) >= 11 is 0. The van der Waals surface area contributed by atoms with E-state index in [1.807, 2.05) is 24.3 Å². The lowest BCUT2D eigenvalue weighted by Crippen LogP contribution is -2.76. The molecule has 5 rings (SSSR count). The number of allylic oxidation sites excluding steroid dienone is 1. The second-order valence-corrected chi connectivity index (χ2v) is 14.1. The molecule has 6 atom stereocenters. The lowest BCUT2D eigenvalue weighted by Gasteiger charge is -2.61. The van der Waals surface area contributed by atoms with Gasteiger partial charge < -0.3 is 10.2 Å². The maximum absolute atomic E-state index is 14.4. The van der Waals surface area contributed by atoms with Crippen LogP contribution in [-0.4, -0.2) is 50.5 Å². The monoisotopic (exact) mass is 612 g/mol. The number of hydrogen-bond acceptors (Lipinski definition) is 8. The van der Waals surface area contributed by atoms with Gasteiger partial charge in [-0.05, 0) is 65.8 Å². The fraction of sp³-hybridized carbons (Fsp3) is 0.459. The van der Waals surface area contributed by atoms with Crippen molar-refractivity contribution in [1.29, 1.82) is 0 Å². The Kier molecular flexibility index (Phi) is 7.97. The van der Waals surface area contributed by atoms with E-state index in [2.05, 4.69) is 6.58 Å². The van der Waals surface area contributed by atoms with Gasteiger partial charge in [0.25, 0.3) is 0 Å². The standard InChI is InChI=1S/C37H40O8/c1-7-8-9-23(39)16-21-10-12-22(13-11-21)24-14-15-26(40)28-25(24)17-35(5)18-36(6)29(19(2)3)31(41)27(20(4)38)33(43)37(36,45)34(44)30(35)32(28)42/h7,10-15,19,27,29-30,40,45H,1,8-9,16-18H2,2-6H3/t27?,29?,30?,35-,36-,37+/m1/s1. The molecule has 0 radical (unpaired) electrons. The summed E-state index contributed by atoms with van der Waals surface area (Å²) in [5.41, 5.74) is -2.66. The summed E-state index contributed by atoms with van der Waals surface area (Å²) in [4.78, 5) is 81.0. The molecule has 3 aliphatic carbocycles. The number of phenolic OH excluding ortho intramolecular Hbond substituents is 1. The molecule has 0 heterocycles. The Balaban J connectivity index is 1.62. The number of carbonyl (C=O) groups excluding carboxylic acids is 6. The van der Waals surface area contributed by atoms with Crippen LogP contribution >= 0.6 is 0 Å². The third-order valence-electron chi connectivity index (χ3n) is 10.6. The molecule has 2 aromatic rings. The highest BCUT2D eigenvalue weighted by molar-refractivity contribution is 6.32. The summed E-state index contributed by atoms with van der Waals surface area (Å²) in [5.74, 6) is -9.10. The van der Waals surface area contributed by atoms with Gasteiger partial charge in [0, 0.05) is 24.2 Å². The number of hydrogen-bond donors (Lipinski definition) is 2. The summed E-state index contributed by atoms with van der Waals surface area (Å²) in [5, 5.41) is 23.1. The number of benzene rings is 2. The summed E-state index contributed by atoms with van der Waals surface area (Å²) in [6.07, 6.45) is 3.16. The molecule has 0 saturated heterocycles. The number of Topliss-reactive ketones (excluding diaryl/α,β-unsaturated/α-hetero) is 6. The van der Waals surface area contributed by atoms with Crippen LogP contribution in [0.3, 0.4) is 0 Å². The molecule has 2 fully saturated rings. The normalized spacial score (nSPS) is 30.9. The van der Waals surface area contributed by atoms with Crippen LogP contribution in [0.1, 0.15) is 75.4 Å². The van der Waals surface area contributed by atoms with Gasteiger partial charge in [0.15, 0.2) is 28.7 Å². The molecule has 2 N–H and O–H groups in total. The Labute approximate surface area is 262 Å². The Morgan fingerprint density at radius 3 is 2.24 bits per heavy atom. The number of phenols is 1. The molecule has 8 heteroatoms. The molecular weight excluding hydrogens is 572 g/mol. The first-order chi connectivity index (χ1) is 21.0. The van der Waals surface area contributed by atoms with Crippen LogP contribution in [0, 0.1) is 34.5 Å². The van der Waals surface area contributed by atoms with Gasteiger partial charge in [-0.1, -0.05) is 64.1 Å². The largest absolute Gasteiger partial charge is 0.507 e. The van der Waals surface area contributed by atoms with E-state index in [1.165, 1.54) is 6.07 Å². The van der Waals surface area contributed by atoms with Crippen LogP contribution < -0.4 is 0 Å². The minimum atomic E-state index is -2.73. The van der Waals surface area contributed by atoms with E-state index in [0.29, 0.717) is 24.0 Å². The van der Waals surface area contributed by atoms with Gasteiger partial charge in [0.2, 0.25) is 0 Å². The van der Waals surface area contributed by atoms with Gasteiger partial charge in [0.05, 0.1) is 11.5 Å². The van der Waals surface area contributed by atoms with Crippen LogP contribution in [0.5, 0.6) is 5.75 Å². The van der Waals surface area contributed by atoms with Crippen molar-refractivity contribution in [3.63, 3.8) is 0 Å². The maximum atomic E-state index is 14.4. The van der Waals surface area contributed by atoms with Crippen molar-refractivity contribution >= 4 is 34.7 Å². The molecule has 0 spiro atoms. The van der Waals surface area contributed by atoms with Crippen molar-refractivity contribution in [1.82, 2.24) is 0 Å². The summed E-state index contributed by atoms with van der Waals surface area (Å²) in [6, 6.07) is 10.5. The number of rotatable bonds is 8. The Bertz CT molecular complexity index is 1670. The Hall–Kier alpha value is -4.04. The van der Waals surface area contributed by atoms with E-state index < -0.39 is 69.0 Å². The van der Waals surface area contributed by atoms with Crippen molar-refractivity contribution in [2.24, 2.45) is 34.5 Å². The minimum Gasteiger partial charge on any atom is -0.507 e. The predicted molar refractivity (Wildman–Crippen MR) is 167 cm³/mol. The highest BCUT2D eigenvalue weighted by Crippen LogP contribution is 2.64. The molecule has 8 nitrogen and oxygen atoms in total. The molecule has 0 amide bonds. The van der Waals surface area contributed by atoms with E-state index in [1.54, 1.807) is 39.8 Å². The first-order valence-corrected chi connectivity index (χ1v) is 15.5. The van der Waals surface area contributed by atoms with Crippen LogP contribution in [0.4, 0.5) is 0 Å². The third-order valence-corrected chi connectivity index (χ3v) is 10.6. The number of aromatic hydroxyl groups is 1. The van der Waals surface area contributed by atoms with E-state index in [4.69, 9.17) is 0 Å². The van der Waals surface area contributed by atoms with Gasteiger partial charge >= 0.3 is 0 Å². The van der Waals surface area contributed by atoms with E-state index in [-0.39, 0.29) is 36.4 Å². The van der Waals surface area contributed by atoms with E-state index >= 15 is 0 Å². The molecule has 0 aliphatic heterocycles. The zero-order valence-corrected chi connectivity index (χ0v) is 26.4. The quantitative estimate of drug-likeness (QED) is 0.319. The molecule has 2 aromatic carbocycles. The average Bonchev–Trinajstić information content (AvgIpc) is 2.94. The van der Waals surface area contributed by atoms with Gasteiger partial charge in [-0.15, -0.1) is 6.58 Å². The highest BCUT2D eigenvalue weighted by atomic mass is 16.3. The van der Waals surface area contributed by atoms with Crippen LogP contribution in [-0.2, 0) is 36.8 Å². The zero-order chi connectivity index (χ0) is 33.2. The third kappa shape index (κ3) is 4.68. The summed E-state index contributed by atoms with van der Waals surface area (Å²) in [7, 11) is 0. The predicted octanol–water partition coefficient (Wildman–Crippen LogP) is 4.84. The van der Waals surface area contributed by atoms with Crippen molar-refractivity contribution in [2.45, 2.75) is 72.3 Å². The summed E-state index contributed by atoms with van der Waals surface area (Å²) < 4.78 is 0. The van der Waals surface area contributed by atoms with Crippen molar-refractivity contribution < 1.29 is 39.0 Å². The maximum Gasteiger partial charge on any atom is 0.190 e. The first-order valence-electron chi connectivity index (χ1n) is 15.5. The molecule has 2 saturated carbocycles. The fourth-order valence-corrected chi connectivity index (χ4v) is 8.79. The first kappa shape index (κ1) is 32.4. The van der Waals surface area contributed by atoms with Gasteiger partial charge in [0.1, 0.15) is 23.2 Å².